The molecule has 1 atom stereocenters. The van der Waals surface area contributed by atoms with E-state index >= 15 is 0 Å². The van der Waals surface area contributed by atoms with Crippen molar-refractivity contribution in [2.75, 3.05) is 6.54 Å². The van der Waals surface area contributed by atoms with Gasteiger partial charge in [-0.3, -0.25) is 0 Å². The number of hydrogen-bond acceptors (Lipinski definition) is 2. The van der Waals surface area contributed by atoms with Crippen LogP contribution in [0, 0.1) is 6.92 Å². The molecular weight excluding hydrogens is 306 g/mol. The largest absolute Gasteiger partial charge is 0.306 e. The minimum Gasteiger partial charge on any atom is -0.306 e. The molecule has 0 spiro atoms. The van der Waals surface area contributed by atoms with E-state index in [4.69, 9.17) is 0 Å². The van der Waals surface area contributed by atoms with Gasteiger partial charge in [-0.1, -0.05) is 37.3 Å². The summed E-state index contributed by atoms with van der Waals surface area (Å²) in [6.45, 7) is 5.39. The van der Waals surface area contributed by atoms with Gasteiger partial charge >= 0.3 is 0 Å². The summed E-state index contributed by atoms with van der Waals surface area (Å²) in [5.74, 6) is 0. The summed E-state index contributed by atoms with van der Waals surface area (Å²) >= 11 is 5.47. The highest BCUT2D eigenvalue weighted by atomic mass is 79.9. The Morgan fingerprint density at radius 3 is 2.56 bits per heavy atom. The lowest BCUT2D eigenvalue weighted by molar-refractivity contribution is 0.606. The van der Waals surface area contributed by atoms with Crippen molar-refractivity contribution in [2.45, 2.75) is 26.3 Å². The normalized spacial score (nSPS) is 12.6. The molecule has 1 unspecified atom stereocenters. The highest BCUT2D eigenvalue weighted by Crippen LogP contribution is 2.33. The number of halogens is 1. The summed E-state index contributed by atoms with van der Waals surface area (Å²) in [5, 5.41) is 3.63. The molecule has 1 N–H and O–H groups in total. The summed E-state index contributed by atoms with van der Waals surface area (Å²) in [6, 6.07) is 13.2. The molecule has 3 heteroatoms. The van der Waals surface area contributed by atoms with Gasteiger partial charge in [-0.2, -0.15) is 0 Å². The fourth-order valence-electron chi connectivity index (χ4n) is 1.94. The third kappa shape index (κ3) is 3.22. The summed E-state index contributed by atoms with van der Waals surface area (Å²) in [5.41, 5.74) is 1.33. The Hall–Kier alpha value is -0.640. The first kappa shape index (κ1) is 13.8. The average Bonchev–Trinajstić information content (AvgIpc) is 2.71. The molecule has 0 aliphatic rings. The van der Waals surface area contributed by atoms with Crippen LogP contribution in [0.4, 0.5) is 0 Å². The second-order valence-electron chi connectivity index (χ2n) is 4.35. The molecule has 0 bridgehead atoms. The maximum Gasteiger partial charge on any atom is 0.0671 e. The summed E-state index contributed by atoms with van der Waals surface area (Å²) in [4.78, 5) is 2.71. The van der Waals surface area contributed by atoms with E-state index in [9.17, 15) is 0 Å². The summed E-state index contributed by atoms with van der Waals surface area (Å²) < 4.78 is 1.21. The first-order valence-corrected chi connectivity index (χ1v) is 7.87. The summed E-state index contributed by atoms with van der Waals surface area (Å²) in [6.07, 6.45) is 1.15. The molecule has 1 aromatic heterocycles. The van der Waals surface area contributed by atoms with Gasteiger partial charge < -0.3 is 5.32 Å². The van der Waals surface area contributed by atoms with Crippen molar-refractivity contribution in [3.63, 3.8) is 0 Å². The summed E-state index contributed by atoms with van der Waals surface area (Å²) in [7, 11) is 0. The van der Waals surface area contributed by atoms with Crippen molar-refractivity contribution in [3.05, 3.63) is 56.2 Å². The second-order valence-corrected chi connectivity index (χ2v) is 6.49. The quantitative estimate of drug-likeness (QED) is 0.824. The number of nitrogens with one attached hydrogen (secondary N) is 1. The van der Waals surface area contributed by atoms with Crippen molar-refractivity contribution >= 4 is 27.3 Å². The Bertz CT molecular complexity index is 473. The monoisotopic (exact) mass is 323 g/mol. The van der Waals surface area contributed by atoms with E-state index in [0.717, 1.165) is 13.0 Å². The van der Waals surface area contributed by atoms with Gasteiger partial charge in [-0.05, 0) is 47.4 Å². The van der Waals surface area contributed by atoms with E-state index in [1.54, 1.807) is 0 Å². The molecule has 1 aromatic carbocycles. The van der Waals surface area contributed by atoms with Crippen LogP contribution in [0.25, 0.3) is 0 Å². The Labute approximate surface area is 121 Å². The van der Waals surface area contributed by atoms with Crippen LogP contribution in [-0.2, 0) is 0 Å². The van der Waals surface area contributed by atoms with Gasteiger partial charge in [0.05, 0.1) is 6.04 Å². The Morgan fingerprint density at radius 1 is 1.28 bits per heavy atom. The van der Waals surface area contributed by atoms with E-state index in [1.807, 2.05) is 11.3 Å². The molecule has 0 saturated carbocycles. The number of rotatable bonds is 5. The molecule has 0 amide bonds. The fourth-order valence-corrected chi connectivity index (χ4v) is 3.61. The third-order valence-electron chi connectivity index (χ3n) is 2.89. The standard InChI is InChI=1S/C15H18BrNS/c1-3-9-17-15(12-7-5-4-6-8-12)14-10-13(16)11(2)18-14/h4-8,10,15,17H,3,9H2,1-2H3. The van der Waals surface area contributed by atoms with Gasteiger partial charge in [0.25, 0.3) is 0 Å². The van der Waals surface area contributed by atoms with Crippen LogP contribution in [-0.4, -0.2) is 6.54 Å². The maximum absolute atomic E-state index is 3.63. The van der Waals surface area contributed by atoms with Crippen molar-refractivity contribution in [1.29, 1.82) is 0 Å². The number of thiophene rings is 1. The molecule has 1 nitrogen and oxygen atoms in total. The number of benzene rings is 1. The molecule has 0 aliphatic carbocycles. The highest BCUT2D eigenvalue weighted by molar-refractivity contribution is 9.10. The minimum absolute atomic E-state index is 0.307. The molecule has 0 saturated heterocycles. The Kier molecular flexibility index (Phi) is 4.98. The minimum atomic E-state index is 0.307. The first-order chi connectivity index (χ1) is 8.72. The maximum atomic E-state index is 3.63. The van der Waals surface area contributed by atoms with Crippen molar-refractivity contribution in [1.82, 2.24) is 5.32 Å². The van der Waals surface area contributed by atoms with Crippen LogP contribution in [0.2, 0.25) is 0 Å². The lowest BCUT2D eigenvalue weighted by atomic mass is 10.1. The van der Waals surface area contributed by atoms with Gasteiger partial charge in [0, 0.05) is 14.2 Å². The molecule has 18 heavy (non-hydrogen) atoms. The fraction of sp³-hybridized carbons (Fsp3) is 0.333. The smallest absolute Gasteiger partial charge is 0.0671 e. The van der Waals surface area contributed by atoms with Crippen LogP contribution >= 0.6 is 27.3 Å². The van der Waals surface area contributed by atoms with Gasteiger partial charge in [-0.25, -0.2) is 0 Å². The first-order valence-electron chi connectivity index (χ1n) is 6.26. The molecule has 0 radical (unpaired) electrons. The van der Waals surface area contributed by atoms with Crippen molar-refractivity contribution in [2.24, 2.45) is 0 Å². The van der Waals surface area contributed by atoms with E-state index in [-0.39, 0.29) is 0 Å². The van der Waals surface area contributed by atoms with Crippen LogP contribution in [0.1, 0.15) is 34.7 Å². The molecule has 96 valence electrons. The zero-order valence-corrected chi connectivity index (χ0v) is 13.1. The molecule has 0 aliphatic heterocycles. The van der Waals surface area contributed by atoms with E-state index < -0.39 is 0 Å². The Morgan fingerprint density at radius 2 is 2.00 bits per heavy atom. The van der Waals surface area contributed by atoms with Crippen LogP contribution in [0.15, 0.2) is 40.9 Å². The predicted molar refractivity (Wildman–Crippen MR) is 83.3 cm³/mol. The lowest BCUT2D eigenvalue weighted by Gasteiger charge is -2.17. The van der Waals surface area contributed by atoms with Crippen LogP contribution < -0.4 is 5.32 Å². The average molecular weight is 324 g/mol. The van der Waals surface area contributed by atoms with E-state index in [0.29, 0.717) is 6.04 Å². The predicted octanol–water partition coefficient (Wildman–Crippen LogP) is 4.91. The van der Waals surface area contributed by atoms with Crippen LogP contribution in [0.5, 0.6) is 0 Å². The zero-order valence-electron chi connectivity index (χ0n) is 10.7. The van der Waals surface area contributed by atoms with Gasteiger partial charge in [0.15, 0.2) is 0 Å². The van der Waals surface area contributed by atoms with E-state index in [2.05, 4.69) is 71.5 Å². The Balaban J connectivity index is 2.30. The second kappa shape index (κ2) is 6.50. The molecular formula is C15H18BrNS. The SMILES string of the molecule is CCCNC(c1ccccc1)c1cc(Br)c(C)s1. The molecule has 2 aromatic rings. The molecule has 0 fully saturated rings. The van der Waals surface area contributed by atoms with Crippen molar-refractivity contribution < 1.29 is 0 Å². The third-order valence-corrected chi connectivity index (χ3v) is 5.09. The van der Waals surface area contributed by atoms with Crippen molar-refractivity contribution in [3.8, 4) is 0 Å². The van der Waals surface area contributed by atoms with Gasteiger partial charge in [0.1, 0.15) is 0 Å². The lowest BCUT2D eigenvalue weighted by Crippen LogP contribution is -2.22. The topological polar surface area (TPSA) is 12.0 Å². The van der Waals surface area contributed by atoms with Gasteiger partial charge in [-0.15, -0.1) is 11.3 Å². The van der Waals surface area contributed by atoms with E-state index in [1.165, 1.54) is 19.8 Å². The highest BCUT2D eigenvalue weighted by Gasteiger charge is 2.16. The van der Waals surface area contributed by atoms with Crippen LogP contribution in [0.3, 0.4) is 0 Å². The van der Waals surface area contributed by atoms with Gasteiger partial charge in [0.2, 0.25) is 0 Å². The number of hydrogen-bond donors (Lipinski definition) is 1. The molecule has 1 heterocycles. The molecule has 2 rings (SSSR count). The zero-order chi connectivity index (χ0) is 13.0. The number of aryl methyl sites for hydroxylation is 1.